The zero-order valence-electron chi connectivity index (χ0n) is 15.1. The Hall–Kier alpha value is -2.02. The van der Waals surface area contributed by atoms with E-state index in [0.717, 1.165) is 27.4 Å². The summed E-state index contributed by atoms with van der Waals surface area (Å²) >= 11 is 1.67. The summed E-state index contributed by atoms with van der Waals surface area (Å²) in [5, 5.41) is 17.5. The van der Waals surface area contributed by atoms with Crippen LogP contribution in [-0.2, 0) is 4.74 Å². The van der Waals surface area contributed by atoms with Crippen LogP contribution in [0.2, 0.25) is 0 Å². The number of anilines is 1. The lowest BCUT2D eigenvalue weighted by Crippen LogP contribution is -2.42. The van der Waals surface area contributed by atoms with E-state index < -0.39 is 5.60 Å². The smallest absolute Gasteiger partial charge is 0.139 e. The molecular weight excluding hydrogens is 358 g/mol. The Balaban J connectivity index is 1.54. The van der Waals surface area contributed by atoms with Crippen molar-refractivity contribution in [3.63, 3.8) is 0 Å². The lowest BCUT2D eigenvalue weighted by Gasteiger charge is -2.32. The molecule has 0 amide bonds. The fraction of sp³-hybridized carbons (Fsp3) is 0.429. The molecule has 3 aromatic rings. The van der Waals surface area contributed by atoms with Crippen molar-refractivity contribution < 1.29 is 9.84 Å². The van der Waals surface area contributed by atoms with Crippen molar-refractivity contribution in [1.29, 1.82) is 0 Å². The Labute approximate surface area is 162 Å². The summed E-state index contributed by atoms with van der Waals surface area (Å²) < 4.78 is 5.40. The number of thiophene rings is 1. The van der Waals surface area contributed by atoms with Crippen molar-refractivity contribution in [2.24, 2.45) is 0 Å². The number of hydrogen-bond acceptors (Lipinski definition) is 6. The number of rotatable bonds is 5. The summed E-state index contributed by atoms with van der Waals surface area (Å²) in [6.45, 7) is 1.70. The average molecular weight is 382 g/mol. The maximum absolute atomic E-state index is 10.8. The first-order chi connectivity index (χ1) is 13.2. The van der Waals surface area contributed by atoms with Crippen LogP contribution < -0.4 is 5.32 Å². The summed E-state index contributed by atoms with van der Waals surface area (Å²) in [6, 6.07) is 10.4. The van der Waals surface area contributed by atoms with Crippen LogP contribution in [0, 0.1) is 0 Å². The number of benzene rings is 1. The van der Waals surface area contributed by atoms with Gasteiger partial charge in [0.05, 0.1) is 11.0 Å². The quantitative estimate of drug-likeness (QED) is 0.694. The van der Waals surface area contributed by atoms with Crippen molar-refractivity contribution in [1.82, 2.24) is 9.97 Å². The van der Waals surface area contributed by atoms with Crippen molar-refractivity contribution in [2.45, 2.75) is 37.2 Å². The molecule has 2 aliphatic rings. The normalized spacial score (nSPS) is 19.3. The van der Waals surface area contributed by atoms with Crippen molar-refractivity contribution in [3.8, 4) is 11.1 Å². The molecule has 1 aliphatic carbocycles. The van der Waals surface area contributed by atoms with Crippen LogP contribution in [-0.4, -0.2) is 40.4 Å². The van der Waals surface area contributed by atoms with Crippen LogP contribution >= 0.6 is 11.3 Å². The molecule has 3 heterocycles. The Bertz CT molecular complexity index is 947. The zero-order chi connectivity index (χ0) is 18.3. The summed E-state index contributed by atoms with van der Waals surface area (Å²) in [5.41, 5.74) is 1.58. The largest absolute Gasteiger partial charge is 0.388 e. The highest BCUT2D eigenvalue weighted by atomic mass is 32.1. The molecule has 1 aromatic carbocycles. The second-order valence-corrected chi connectivity index (χ2v) is 8.45. The van der Waals surface area contributed by atoms with Gasteiger partial charge in [-0.2, -0.15) is 0 Å². The number of hydrogen-bond donors (Lipinski definition) is 2. The average Bonchev–Trinajstić information content (AvgIpc) is 3.47. The number of ether oxygens (including phenoxy) is 1. The van der Waals surface area contributed by atoms with Gasteiger partial charge in [0.15, 0.2) is 0 Å². The summed E-state index contributed by atoms with van der Waals surface area (Å²) in [6.07, 6.45) is 3.64. The van der Waals surface area contributed by atoms with Gasteiger partial charge in [0, 0.05) is 49.5 Å². The van der Waals surface area contributed by atoms with Crippen molar-refractivity contribution in [2.75, 3.05) is 25.1 Å². The van der Waals surface area contributed by atoms with E-state index in [1.165, 1.54) is 18.4 Å². The van der Waals surface area contributed by atoms with Crippen LogP contribution in [0.3, 0.4) is 0 Å². The fourth-order valence-corrected chi connectivity index (χ4v) is 4.57. The lowest BCUT2D eigenvalue weighted by atomic mass is 9.94. The van der Waals surface area contributed by atoms with Gasteiger partial charge in [-0.3, -0.25) is 0 Å². The van der Waals surface area contributed by atoms with Gasteiger partial charge in [-0.1, -0.05) is 30.3 Å². The van der Waals surface area contributed by atoms with Gasteiger partial charge in [0.25, 0.3) is 0 Å². The molecule has 0 unspecified atom stereocenters. The first kappa shape index (κ1) is 17.1. The molecular formula is C21H23N3O2S. The molecule has 1 saturated carbocycles. The SMILES string of the molecule is OC1(CNc2nc(C3CC3)nc3scc(-c4ccccc4)c23)CCOCC1. The van der Waals surface area contributed by atoms with E-state index in [4.69, 9.17) is 14.7 Å². The van der Waals surface area contributed by atoms with Gasteiger partial charge < -0.3 is 15.2 Å². The highest BCUT2D eigenvalue weighted by molar-refractivity contribution is 7.17. The minimum Gasteiger partial charge on any atom is -0.388 e. The summed E-state index contributed by atoms with van der Waals surface area (Å²) in [5.74, 6) is 2.27. The van der Waals surface area contributed by atoms with E-state index in [1.807, 2.05) is 6.07 Å². The second-order valence-electron chi connectivity index (χ2n) is 7.59. The molecule has 0 spiro atoms. The van der Waals surface area contributed by atoms with E-state index in [0.29, 0.717) is 38.5 Å². The van der Waals surface area contributed by atoms with Gasteiger partial charge in [-0.15, -0.1) is 11.3 Å². The first-order valence-corrected chi connectivity index (χ1v) is 10.5. The predicted molar refractivity (Wildman–Crippen MR) is 108 cm³/mol. The first-order valence-electron chi connectivity index (χ1n) is 9.60. The molecule has 0 bridgehead atoms. The van der Waals surface area contributed by atoms with E-state index in [2.05, 4.69) is 35.0 Å². The molecule has 140 valence electrons. The number of fused-ring (bicyclic) bond motifs is 1. The van der Waals surface area contributed by atoms with Crippen LogP contribution in [0.15, 0.2) is 35.7 Å². The van der Waals surface area contributed by atoms with E-state index >= 15 is 0 Å². The molecule has 5 nitrogen and oxygen atoms in total. The highest BCUT2D eigenvalue weighted by Crippen LogP contribution is 2.42. The number of nitrogens with zero attached hydrogens (tertiary/aromatic N) is 2. The van der Waals surface area contributed by atoms with Crippen LogP contribution in [0.4, 0.5) is 5.82 Å². The standard InChI is InChI=1S/C21H23N3O2S/c25-21(8-10-26-11-9-21)13-22-19-17-16(14-4-2-1-3-5-14)12-27-20(17)24-18(23-19)15-6-7-15/h1-5,12,15,25H,6-11,13H2,(H,22,23,24). The number of aromatic nitrogens is 2. The molecule has 5 rings (SSSR count). The Kier molecular flexibility index (Phi) is 4.34. The molecule has 1 aliphatic heterocycles. The molecule has 0 atom stereocenters. The van der Waals surface area contributed by atoms with E-state index in [9.17, 15) is 5.11 Å². The Morgan fingerprint density at radius 2 is 1.93 bits per heavy atom. The van der Waals surface area contributed by atoms with Gasteiger partial charge in [0.2, 0.25) is 0 Å². The predicted octanol–water partition coefficient (Wildman–Crippen LogP) is 4.19. The third-order valence-corrected chi connectivity index (χ3v) is 6.36. The van der Waals surface area contributed by atoms with Gasteiger partial charge in [0.1, 0.15) is 16.5 Å². The molecule has 6 heteroatoms. The third kappa shape index (κ3) is 3.45. The van der Waals surface area contributed by atoms with E-state index in [1.54, 1.807) is 11.3 Å². The summed E-state index contributed by atoms with van der Waals surface area (Å²) in [4.78, 5) is 10.7. The third-order valence-electron chi connectivity index (χ3n) is 5.49. The number of aliphatic hydroxyl groups is 1. The highest BCUT2D eigenvalue weighted by Gasteiger charge is 2.31. The number of nitrogens with one attached hydrogen (secondary N) is 1. The van der Waals surface area contributed by atoms with Crippen molar-refractivity contribution in [3.05, 3.63) is 41.5 Å². The minimum absolute atomic E-state index is 0.483. The molecule has 2 aromatic heterocycles. The maximum Gasteiger partial charge on any atom is 0.139 e. The van der Waals surface area contributed by atoms with Crippen LogP contribution in [0.1, 0.15) is 37.4 Å². The van der Waals surface area contributed by atoms with Gasteiger partial charge in [-0.25, -0.2) is 9.97 Å². The lowest BCUT2D eigenvalue weighted by molar-refractivity contribution is -0.0543. The van der Waals surface area contributed by atoms with Crippen molar-refractivity contribution >= 4 is 27.4 Å². The molecule has 2 fully saturated rings. The molecule has 27 heavy (non-hydrogen) atoms. The van der Waals surface area contributed by atoms with E-state index in [-0.39, 0.29) is 0 Å². The van der Waals surface area contributed by atoms with Gasteiger partial charge in [-0.05, 0) is 18.4 Å². The Morgan fingerprint density at radius 3 is 2.67 bits per heavy atom. The molecule has 0 radical (unpaired) electrons. The monoisotopic (exact) mass is 381 g/mol. The second kappa shape index (κ2) is 6.86. The molecule has 1 saturated heterocycles. The Morgan fingerprint density at radius 1 is 1.15 bits per heavy atom. The van der Waals surface area contributed by atoms with Crippen LogP contribution in [0.5, 0.6) is 0 Å². The fourth-order valence-electron chi connectivity index (χ4n) is 3.62. The van der Waals surface area contributed by atoms with Gasteiger partial charge >= 0.3 is 0 Å². The summed E-state index contributed by atoms with van der Waals surface area (Å²) in [7, 11) is 0. The molecule has 2 N–H and O–H groups in total. The maximum atomic E-state index is 10.8. The zero-order valence-corrected chi connectivity index (χ0v) is 16.0. The van der Waals surface area contributed by atoms with Crippen LogP contribution in [0.25, 0.3) is 21.3 Å². The minimum atomic E-state index is -0.738. The topological polar surface area (TPSA) is 67.3 Å².